The quantitative estimate of drug-likeness (QED) is 0.570. The molecule has 1 fully saturated rings. The number of nitrogens with one attached hydrogen (secondary N) is 1. The Morgan fingerprint density at radius 1 is 1.16 bits per heavy atom. The first-order valence-electron chi connectivity index (χ1n) is 10.9. The van der Waals surface area contributed by atoms with Crippen molar-refractivity contribution in [3.8, 4) is 17.1 Å². The smallest absolute Gasteiger partial charge is 0.230 e. The minimum atomic E-state index is 0.0539. The summed E-state index contributed by atoms with van der Waals surface area (Å²) >= 11 is 1.42. The summed E-state index contributed by atoms with van der Waals surface area (Å²) in [7, 11) is 0. The van der Waals surface area contributed by atoms with E-state index in [1.165, 1.54) is 24.6 Å². The lowest BCUT2D eigenvalue weighted by Crippen LogP contribution is -2.44. The Labute approximate surface area is 187 Å². The molecule has 2 aromatic heterocycles. The van der Waals surface area contributed by atoms with Gasteiger partial charge in [0.25, 0.3) is 0 Å². The van der Waals surface area contributed by atoms with E-state index >= 15 is 0 Å². The van der Waals surface area contributed by atoms with Crippen molar-refractivity contribution in [2.75, 3.05) is 5.75 Å². The van der Waals surface area contributed by atoms with E-state index in [-0.39, 0.29) is 11.9 Å². The molecule has 0 radical (unpaired) electrons. The molecule has 3 aromatic rings. The Hall–Kier alpha value is -2.67. The number of pyridine rings is 1. The van der Waals surface area contributed by atoms with Crippen LogP contribution < -0.4 is 5.32 Å². The summed E-state index contributed by atoms with van der Waals surface area (Å²) in [5, 5.41) is 12.8. The second kappa shape index (κ2) is 9.64. The molecule has 162 valence electrons. The second-order valence-electron chi connectivity index (χ2n) is 8.40. The maximum atomic E-state index is 12.7. The predicted octanol–water partition coefficient (Wildman–Crippen LogP) is 4.67. The number of aromatic nitrogens is 4. The number of hydrogen-bond acceptors (Lipinski definition) is 5. The van der Waals surface area contributed by atoms with Crippen molar-refractivity contribution in [1.29, 1.82) is 0 Å². The van der Waals surface area contributed by atoms with Gasteiger partial charge in [-0.1, -0.05) is 56.7 Å². The molecule has 1 aromatic carbocycles. The summed E-state index contributed by atoms with van der Waals surface area (Å²) in [6.45, 7) is 6.59. The zero-order valence-electron chi connectivity index (χ0n) is 18.3. The molecule has 1 amide bonds. The van der Waals surface area contributed by atoms with Gasteiger partial charge in [0.15, 0.2) is 11.0 Å². The molecule has 2 heterocycles. The summed E-state index contributed by atoms with van der Waals surface area (Å²) in [5.41, 5.74) is 3.01. The summed E-state index contributed by atoms with van der Waals surface area (Å²) in [6.07, 6.45) is 7.02. The van der Waals surface area contributed by atoms with Crippen LogP contribution in [-0.2, 0) is 4.79 Å². The zero-order chi connectivity index (χ0) is 21.8. The van der Waals surface area contributed by atoms with Crippen molar-refractivity contribution < 1.29 is 4.79 Å². The number of carbonyl (C=O) groups is 1. The van der Waals surface area contributed by atoms with Gasteiger partial charge >= 0.3 is 0 Å². The molecule has 4 rings (SSSR count). The third-order valence-corrected chi connectivity index (χ3v) is 7.22. The molecule has 0 spiro atoms. The van der Waals surface area contributed by atoms with E-state index in [0.29, 0.717) is 22.7 Å². The number of benzene rings is 1. The fraction of sp³-hybridized carbons (Fsp3) is 0.417. The highest BCUT2D eigenvalue weighted by atomic mass is 32.2. The third-order valence-electron chi connectivity index (χ3n) is 6.30. The minimum Gasteiger partial charge on any atom is -0.352 e. The van der Waals surface area contributed by atoms with E-state index in [1.807, 2.05) is 34.9 Å². The normalized spacial score (nSPS) is 21.1. The summed E-state index contributed by atoms with van der Waals surface area (Å²) in [4.78, 5) is 17.0. The number of hydrogen-bond donors (Lipinski definition) is 1. The van der Waals surface area contributed by atoms with Gasteiger partial charge in [-0.2, -0.15) is 0 Å². The van der Waals surface area contributed by atoms with E-state index in [9.17, 15) is 4.79 Å². The molecular weight excluding hydrogens is 406 g/mol. The minimum absolute atomic E-state index is 0.0539. The molecule has 6 nitrogen and oxygen atoms in total. The van der Waals surface area contributed by atoms with Crippen molar-refractivity contribution >= 4 is 17.7 Å². The molecule has 1 N–H and O–H groups in total. The molecule has 1 aliphatic rings. The van der Waals surface area contributed by atoms with E-state index < -0.39 is 0 Å². The summed E-state index contributed by atoms with van der Waals surface area (Å²) in [5.74, 6) is 2.25. The zero-order valence-corrected chi connectivity index (χ0v) is 19.1. The lowest BCUT2D eigenvalue weighted by molar-refractivity contribution is -0.120. The van der Waals surface area contributed by atoms with Crippen LogP contribution in [0.2, 0.25) is 0 Å². The van der Waals surface area contributed by atoms with Gasteiger partial charge in [0.2, 0.25) is 5.91 Å². The highest BCUT2D eigenvalue weighted by molar-refractivity contribution is 7.99. The van der Waals surface area contributed by atoms with Crippen LogP contribution in [-0.4, -0.2) is 37.5 Å². The fourth-order valence-electron chi connectivity index (χ4n) is 4.24. The molecular formula is C24H29N5OS. The highest BCUT2D eigenvalue weighted by Crippen LogP contribution is 2.31. The molecule has 1 saturated carbocycles. The topological polar surface area (TPSA) is 72.7 Å². The number of aryl methyl sites for hydroxylation is 1. The van der Waals surface area contributed by atoms with E-state index in [1.54, 1.807) is 12.4 Å². The van der Waals surface area contributed by atoms with Crippen LogP contribution in [0, 0.1) is 18.8 Å². The van der Waals surface area contributed by atoms with Gasteiger partial charge < -0.3 is 5.32 Å². The average Bonchev–Trinajstić information content (AvgIpc) is 3.20. The number of nitrogens with zero attached hydrogens (tertiary/aromatic N) is 4. The van der Waals surface area contributed by atoms with Crippen molar-refractivity contribution in [1.82, 2.24) is 25.1 Å². The van der Waals surface area contributed by atoms with Gasteiger partial charge in [-0.15, -0.1) is 10.2 Å². The van der Waals surface area contributed by atoms with E-state index in [4.69, 9.17) is 0 Å². The van der Waals surface area contributed by atoms with E-state index in [0.717, 1.165) is 29.1 Å². The fourth-order valence-corrected chi connectivity index (χ4v) is 5.00. The monoisotopic (exact) mass is 435 g/mol. The average molecular weight is 436 g/mol. The van der Waals surface area contributed by atoms with E-state index in [2.05, 4.69) is 47.3 Å². The third kappa shape index (κ3) is 4.82. The Kier molecular flexibility index (Phi) is 6.70. The van der Waals surface area contributed by atoms with Gasteiger partial charge in [0, 0.05) is 24.0 Å². The number of carbonyl (C=O) groups excluding carboxylic acids is 1. The van der Waals surface area contributed by atoms with Crippen LogP contribution in [0.5, 0.6) is 0 Å². The second-order valence-corrected chi connectivity index (χ2v) is 9.34. The van der Waals surface area contributed by atoms with Gasteiger partial charge in [-0.05, 0) is 48.9 Å². The first kappa shape index (κ1) is 21.6. The Morgan fingerprint density at radius 2 is 2.00 bits per heavy atom. The summed E-state index contributed by atoms with van der Waals surface area (Å²) in [6, 6.07) is 12.2. The Bertz CT molecular complexity index is 1040. The first-order valence-corrected chi connectivity index (χ1v) is 11.9. The molecule has 7 heteroatoms. The van der Waals surface area contributed by atoms with Crippen LogP contribution in [0.25, 0.3) is 17.1 Å². The number of thioether (sulfide) groups is 1. The standard InChI is InChI=1S/C24H29N5OS/c1-16-9-6-11-20(18(16)3)26-22(30)15-31-24-28-27-23(19-10-7-13-25-14-19)29(24)21-12-5-4-8-17(21)2/h4-5,7-8,10,12-14,16,18,20H,6,9,11,15H2,1-3H3,(H,26,30)/t16-,18+,20+/m0/s1. The lowest BCUT2D eigenvalue weighted by atomic mass is 9.78. The molecule has 31 heavy (non-hydrogen) atoms. The van der Waals surface area contributed by atoms with Crippen molar-refractivity contribution in [3.05, 3.63) is 54.4 Å². The molecule has 0 bridgehead atoms. The maximum absolute atomic E-state index is 12.7. The molecule has 1 aliphatic carbocycles. The van der Waals surface area contributed by atoms with Crippen LogP contribution in [0.1, 0.15) is 38.7 Å². The van der Waals surface area contributed by atoms with Crippen molar-refractivity contribution in [2.24, 2.45) is 11.8 Å². The lowest BCUT2D eigenvalue weighted by Gasteiger charge is -2.34. The van der Waals surface area contributed by atoms with Gasteiger partial charge in [-0.3, -0.25) is 14.3 Å². The summed E-state index contributed by atoms with van der Waals surface area (Å²) < 4.78 is 2.02. The van der Waals surface area contributed by atoms with Crippen molar-refractivity contribution in [3.63, 3.8) is 0 Å². The Balaban J connectivity index is 1.55. The molecule has 3 atom stereocenters. The van der Waals surface area contributed by atoms with Crippen LogP contribution in [0.15, 0.2) is 53.9 Å². The van der Waals surface area contributed by atoms with Crippen LogP contribution >= 0.6 is 11.8 Å². The maximum Gasteiger partial charge on any atom is 0.230 e. The SMILES string of the molecule is Cc1ccccc1-n1c(SCC(=O)N[C@@H]2CCC[C@H](C)[C@H]2C)nnc1-c1cccnc1. The number of para-hydroxylation sites is 1. The largest absolute Gasteiger partial charge is 0.352 e. The number of rotatable bonds is 6. The van der Waals surface area contributed by atoms with Gasteiger partial charge in [-0.25, -0.2) is 0 Å². The van der Waals surface area contributed by atoms with Gasteiger partial charge in [0.05, 0.1) is 11.4 Å². The molecule has 0 saturated heterocycles. The number of amides is 1. The van der Waals surface area contributed by atoms with Crippen LogP contribution in [0.4, 0.5) is 0 Å². The Morgan fingerprint density at radius 3 is 2.77 bits per heavy atom. The molecule has 0 aliphatic heterocycles. The van der Waals surface area contributed by atoms with Crippen LogP contribution in [0.3, 0.4) is 0 Å². The first-order chi connectivity index (χ1) is 15.0. The van der Waals surface area contributed by atoms with Gasteiger partial charge in [0.1, 0.15) is 0 Å². The molecule has 0 unspecified atom stereocenters. The predicted molar refractivity (Wildman–Crippen MR) is 124 cm³/mol. The highest BCUT2D eigenvalue weighted by Gasteiger charge is 2.28. The van der Waals surface area contributed by atoms with Crippen molar-refractivity contribution in [2.45, 2.75) is 51.2 Å².